The van der Waals surface area contributed by atoms with Crippen LogP contribution < -0.4 is 4.90 Å². The maximum absolute atomic E-state index is 8.88. The van der Waals surface area contributed by atoms with E-state index in [4.69, 9.17) is 5.26 Å². The van der Waals surface area contributed by atoms with Crippen molar-refractivity contribution in [2.24, 2.45) is 5.92 Å². The second-order valence-corrected chi connectivity index (χ2v) is 3.98. The topological polar surface area (TPSA) is 57.2 Å². The van der Waals surface area contributed by atoms with Gasteiger partial charge in [-0.2, -0.15) is 10.4 Å². The zero-order chi connectivity index (χ0) is 12.3. The van der Waals surface area contributed by atoms with Crippen LogP contribution in [-0.4, -0.2) is 27.7 Å². The average molecular weight is 229 g/mol. The van der Waals surface area contributed by atoms with Crippen LogP contribution in [0.25, 0.3) is 5.52 Å². The van der Waals surface area contributed by atoms with Crippen LogP contribution >= 0.6 is 0 Å². The van der Waals surface area contributed by atoms with Crippen molar-refractivity contribution >= 4 is 11.3 Å². The third-order valence-corrected chi connectivity index (χ3v) is 2.70. The highest BCUT2D eigenvalue weighted by Gasteiger charge is 2.13. The Bertz CT molecular complexity index is 539. The summed E-state index contributed by atoms with van der Waals surface area (Å²) in [6.07, 6.45) is 5.30. The Balaban J connectivity index is 2.36. The molecule has 2 rings (SSSR count). The zero-order valence-corrected chi connectivity index (χ0v) is 10.0. The van der Waals surface area contributed by atoms with Crippen LogP contribution in [0.4, 0.5) is 5.82 Å². The molecule has 0 saturated heterocycles. The Kier molecular flexibility index (Phi) is 3.24. The van der Waals surface area contributed by atoms with E-state index < -0.39 is 0 Å². The third-order valence-electron chi connectivity index (χ3n) is 2.70. The number of rotatable bonds is 4. The van der Waals surface area contributed by atoms with E-state index in [1.165, 1.54) is 0 Å². The van der Waals surface area contributed by atoms with Crippen LogP contribution in [0.3, 0.4) is 0 Å². The van der Waals surface area contributed by atoms with Crippen LogP contribution in [0.5, 0.6) is 0 Å². The van der Waals surface area contributed by atoms with Crippen molar-refractivity contribution in [1.82, 2.24) is 14.6 Å². The summed E-state index contributed by atoms with van der Waals surface area (Å²) in [4.78, 5) is 6.50. The first-order valence-corrected chi connectivity index (χ1v) is 5.69. The summed E-state index contributed by atoms with van der Waals surface area (Å²) in [5.41, 5.74) is 0.972. The van der Waals surface area contributed by atoms with E-state index in [1.54, 1.807) is 16.9 Å². The summed E-state index contributed by atoms with van der Waals surface area (Å²) in [6, 6.07) is 4.18. The van der Waals surface area contributed by atoms with Crippen molar-refractivity contribution in [3.05, 3.63) is 24.7 Å². The lowest BCUT2D eigenvalue weighted by molar-refractivity contribution is 0.679. The Morgan fingerprint density at radius 2 is 2.35 bits per heavy atom. The van der Waals surface area contributed by atoms with Crippen molar-refractivity contribution in [3.8, 4) is 6.07 Å². The molecule has 2 aromatic heterocycles. The summed E-state index contributed by atoms with van der Waals surface area (Å²) in [7, 11) is 0. The average Bonchev–Trinajstić information content (AvgIpc) is 2.83. The number of hydrogen-bond donors (Lipinski definition) is 0. The van der Waals surface area contributed by atoms with Crippen LogP contribution in [0.2, 0.25) is 0 Å². The van der Waals surface area contributed by atoms with Crippen LogP contribution in [0.15, 0.2) is 24.7 Å². The summed E-state index contributed by atoms with van der Waals surface area (Å²) >= 11 is 0. The molecule has 0 bridgehead atoms. The first-order valence-electron chi connectivity index (χ1n) is 5.69. The molecule has 1 atom stereocenters. The molecule has 0 radical (unpaired) electrons. The molecule has 0 fully saturated rings. The minimum absolute atomic E-state index is 0.0140. The predicted molar refractivity (Wildman–Crippen MR) is 65.7 cm³/mol. The SMILES string of the molecule is CCN(CC(C)C#N)c1nccn2nccc12. The van der Waals surface area contributed by atoms with Gasteiger partial charge in [-0.1, -0.05) is 0 Å². The lowest BCUT2D eigenvalue weighted by atomic mass is 10.2. The third kappa shape index (κ3) is 2.21. The Morgan fingerprint density at radius 3 is 3.06 bits per heavy atom. The number of aromatic nitrogens is 3. The zero-order valence-electron chi connectivity index (χ0n) is 10.0. The molecule has 1 unspecified atom stereocenters. The maximum atomic E-state index is 8.88. The van der Waals surface area contributed by atoms with E-state index >= 15 is 0 Å². The van der Waals surface area contributed by atoms with E-state index in [1.807, 2.05) is 19.2 Å². The van der Waals surface area contributed by atoms with E-state index in [-0.39, 0.29) is 5.92 Å². The van der Waals surface area contributed by atoms with Gasteiger partial charge in [0.15, 0.2) is 5.82 Å². The maximum Gasteiger partial charge on any atom is 0.154 e. The van der Waals surface area contributed by atoms with E-state index in [0.717, 1.165) is 17.9 Å². The van der Waals surface area contributed by atoms with Crippen LogP contribution in [0.1, 0.15) is 13.8 Å². The molecular weight excluding hydrogens is 214 g/mol. The molecule has 2 aromatic rings. The fourth-order valence-corrected chi connectivity index (χ4v) is 1.82. The highest BCUT2D eigenvalue weighted by molar-refractivity contribution is 5.68. The number of fused-ring (bicyclic) bond motifs is 1. The molecule has 88 valence electrons. The second kappa shape index (κ2) is 4.83. The predicted octanol–water partition coefficient (Wildman–Crippen LogP) is 1.72. The minimum Gasteiger partial charge on any atom is -0.354 e. The molecular formula is C12H15N5. The van der Waals surface area contributed by atoms with Gasteiger partial charge in [-0.05, 0) is 19.9 Å². The summed E-state index contributed by atoms with van der Waals surface area (Å²) < 4.78 is 1.79. The van der Waals surface area contributed by atoms with Gasteiger partial charge in [-0.3, -0.25) is 0 Å². The first-order chi connectivity index (χ1) is 8.26. The molecule has 0 aliphatic heterocycles. The van der Waals surface area contributed by atoms with Crippen molar-refractivity contribution < 1.29 is 0 Å². The first kappa shape index (κ1) is 11.4. The minimum atomic E-state index is -0.0140. The standard InChI is InChI=1S/C12H15N5/c1-3-16(9-10(2)8-13)12-11-4-5-15-17(11)7-6-14-12/h4-7,10H,3,9H2,1-2H3. The van der Waals surface area contributed by atoms with Gasteiger partial charge in [0.25, 0.3) is 0 Å². The molecule has 17 heavy (non-hydrogen) atoms. The number of nitrogens with zero attached hydrogens (tertiary/aromatic N) is 5. The Hall–Kier alpha value is -2.09. The highest BCUT2D eigenvalue weighted by atomic mass is 15.3. The van der Waals surface area contributed by atoms with Crippen molar-refractivity contribution in [2.45, 2.75) is 13.8 Å². The second-order valence-electron chi connectivity index (χ2n) is 3.98. The quantitative estimate of drug-likeness (QED) is 0.801. The number of nitriles is 1. The fourth-order valence-electron chi connectivity index (χ4n) is 1.82. The lowest BCUT2D eigenvalue weighted by Gasteiger charge is -2.23. The lowest BCUT2D eigenvalue weighted by Crippen LogP contribution is -2.29. The van der Waals surface area contributed by atoms with E-state index in [2.05, 4.69) is 28.0 Å². The summed E-state index contributed by atoms with van der Waals surface area (Å²) in [5.74, 6) is 0.870. The number of anilines is 1. The molecule has 0 aliphatic rings. The van der Waals surface area contributed by atoms with Crippen molar-refractivity contribution in [3.63, 3.8) is 0 Å². The Morgan fingerprint density at radius 1 is 1.53 bits per heavy atom. The largest absolute Gasteiger partial charge is 0.354 e. The van der Waals surface area contributed by atoms with Gasteiger partial charge in [0.2, 0.25) is 0 Å². The molecule has 0 spiro atoms. The molecule has 0 amide bonds. The van der Waals surface area contributed by atoms with Crippen LogP contribution in [0, 0.1) is 17.2 Å². The van der Waals surface area contributed by atoms with Gasteiger partial charge in [0, 0.05) is 25.5 Å². The van der Waals surface area contributed by atoms with Gasteiger partial charge >= 0.3 is 0 Å². The van der Waals surface area contributed by atoms with Gasteiger partial charge in [0.05, 0.1) is 18.2 Å². The van der Waals surface area contributed by atoms with Gasteiger partial charge in [0.1, 0.15) is 5.52 Å². The van der Waals surface area contributed by atoms with Crippen molar-refractivity contribution in [2.75, 3.05) is 18.0 Å². The fraction of sp³-hybridized carbons (Fsp3) is 0.417. The number of hydrogen-bond acceptors (Lipinski definition) is 4. The normalized spacial score (nSPS) is 12.3. The van der Waals surface area contributed by atoms with E-state index in [9.17, 15) is 0 Å². The highest BCUT2D eigenvalue weighted by Crippen LogP contribution is 2.18. The summed E-state index contributed by atoms with van der Waals surface area (Å²) in [6.45, 7) is 5.49. The van der Waals surface area contributed by atoms with Crippen molar-refractivity contribution in [1.29, 1.82) is 5.26 Å². The molecule has 0 aromatic carbocycles. The van der Waals surface area contributed by atoms with Gasteiger partial charge < -0.3 is 4.90 Å². The van der Waals surface area contributed by atoms with E-state index in [0.29, 0.717) is 6.54 Å². The summed E-state index contributed by atoms with van der Waals surface area (Å²) in [5, 5.41) is 13.1. The molecule has 5 heteroatoms. The van der Waals surface area contributed by atoms with Crippen LogP contribution in [-0.2, 0) is 0 Å². The molecule has 0 saturated carbocycles. The van der Waals surface area contributed by atoms with Gasteiger partial charge in [-0.25, -0.2) is 9.50 Å². The smallest absolute Gasteiger partial charge is 0.154 e. The molecule has 0 N–H and O–H groups in total. The monoisotopic (exact) mass is 229 g/mol. The Labute approximate surface area is 100 Å². The molecule has 0 aliphatic carbocycles. The molecule has 5 nitrogen and oxygen atoms in total. The van der Waals surface area contributed by atoms with Gasteiger partial charge in [-0.15, -0.1) is 0 Å². The molecule has 2 heterocycles.